The highest BCUT2D eigenvalue weighted by atomic mass is 35.5. The van der Waals surface area contributed by atoms with Crippen molar-refractivity contribution in [3.63, 3.8) is 0 Å². The maximum atomic E-state index is 12.0. The average Bonchev–Trinajstić information content (AvgIpc) is 2.41. The molecule has 0 bridgehead atoms. The van der Waals surface area contributed by atoms with Crippen LogP contribution < -0.4 is 5.56 Å². The fourth-order valence-corrected chi connectivity index (χ4v) is 2.11. The third-order valence-corrected chi connectivity index (χ3v) is 3.41. The molecule has 4 nitrogen and oxygen atoms in total. The van der Waals surface area contributed by atoms with Gasteiger partial charge in [-0.2, -0.15) is 0 Å². The second-order valence-electron chi connectivity index (χ2n) is 3.93. The quantitative estimate of drug-likeness (QED) is 0.748. The predicted molar refractivity (Wildman–Crippen MR) is 75.6 cm³/mol. The highest BCUT2D eigenvalue weighted by Crippen LogP contribution is 2.26. The van der Waals surface area contributed by atoms with Crippen LogP contribution in [0.4, 0.5) is 0 Å². The van der Waals surface area contributed by atoms with E-state index in [0.717, 1.165) is 0 Å². The van der Waals surface area contributed by atoms with Gasteiger partial charge in [0.25, 0.3) is 5.56 Å². The molecule has 0 radical (unpaired) electrons. The minimum absolute atomic E-state index is 0.280. The standard InChI is InChI=1S/C13H7Cl2N3O/c14-8-5-10-11(6-9(8)15)18-13(19)12(17-10)7-1-3-16-4-2-7/h1-6H,(H,18,19). The van der Waals surface area contributed by atoms with E-state index in [1.54, 1.807) is 36.7 Å². The molecule has 0 unspecified atom stereocenters. The van der Waals surface area contributed by atoms with Crippen LogP contribution in [0.5, 0.6) is 0 Å². The molecule has 2 heterocycles. The third kappa shape index (κ3) is 2.20. The first-order valence-electron chi connectivity index (χ1n) is 5.44. The van der Waals surface area contributed by atoms with Gasteiger partial charge in [-0.05, 0) is 24.3 Å². The highest BCUT2D eigenvalue weighted by Gasteiger charge is 2.09. The van der Waals surface area contributed by atoms with Crippen molar-refractivity contribution in [3.05, 3.63) is 57.1 Å². The summed E-state index contributed by atoms with van der Waals surface area (Å²) in [5, 5.41) is 0.776. The molecular weight excluding hydrogens is 285 g/mol. The predicted octanol–water partition coefficient (Wildman–Crippen LogP) is 3.29. The van der Waals surface area contributed by atoms with E-state index in [0.29, 0.717) is 32.3 Å². The number of fused-ring (bicyclic) bond motifs is 1. The summed E-state index contributed by atoms with van der Waals surface area (Å²) in [6.07, 6.45) is 3.21. The van der Waals surface area contributed by atoms with Crippen molar-refractivity contribution in [1.29, 1.82) is 0 Å². The van der Waals surface area contributed by atoms with E-state index in [4.69, 9.17) is 23.2 Å². The molecule has 1 N–H and O–H groups in total. The van der Waals surface area contributed by atoms with Crippen LogP contribution >= 0.6 is 23.2 Å². The molecule has 0 amide bonds. The van der Waals surface area contributed by atoms with E-state index in [2.05, 4.69) is 15.0 Å². The SMILES string of the molecule is O=c1[nH]c2cc(Cl)c(Cl)cc2nc1-c1ccncc1. The molecule has 0 atom stereocenters. The summed E-state index contributed by atoms with van der Waals surface area (Å²) in [6, 6.07) is 6.66. The van der Waals surface area contributed by atoms with Gasteiger partial charge in [-0.1, -0.05) is 23.2 Å². The van der Waals surface area contributed by atoms with Gasteiger partial charge < -0.3 is 4.98 Å². The van der Waals surface area contributed by atoms with Gasteiger partial charge in [0.05, 0.1) is 21.1 Å². The Balaban J connectivity index is 2.31. The van der Waals surface area contributed by atoms with E-state index in [1.165, 1.54) is 0 Å². The number of nitrogens with one attached hydrogen (secondary N) is 1. The van der Waals surface area contributed by atoms with Gasteiger partial charge in [-0.15, -0.1) is 0 Å². The van der Waals surface area contributed by atoms with E-state index in [-0.39, 0.29) is 5.56 Å². The van der Waals surface area contributed by atoms with E-state index >= 15 is 0 Å². The average molecular weight is 292 g/mol. The van der Waals surface area contributed by atoms with Gasteiger partial charge in [0.2, 0.25) is 0 Å². The summed E-state index contributed by atoms with van der Waals surface area (Å²) in [7, 11) is 0. The monoisotopic (exact) mass is 291 g/mol. The van der Waals surface area contributed by atoms with Crippen molar-refractivity contribution < 1.29 is 0 Å². The molecule has 0 saturated heterocycles. The number of rotatable bonds is 1. The van der Waals surface area contributed by atoms with Crippen molar-refractivity contribution in [2.45, 2.75) is 0 Å². The third-order valence-electron chi connectivity index (χ3n) is 2.69. The second kappa shape index (κ2) is 4.64. The highest BCUT2D eigenvalue weighted by molar-refractivity contribution is 6.42. The summed E-state index contributed by atoms with van der Waals surface area (Å²) in [5.74, 6) is 0. The van der Waals surface area contributed by atoms with Crippen molar-refractivity contribution in [2.75, 3.05) is 0 Å². The Kier molecular flexibility index (Phi) is 2.97. The van der Waals surface area contributed by atoms with Crippen LogP contribution in [-0.2, 0) is 0 Å². The number of benzene rings is 1. The summed E-state index contributed by atoms with van der Waals surface area (Å²) in [6.45, 7) is 0. The Hall–Kier alpha value is -1.91. The summed E-state index contributed by atoms with van der Waals surface area (Å²) in [4.78, 5) is 23.0. The zero-order valence-corrected chi connectivity index (χ0v) is 11.0. The molecule has 0 aliphatic rings. The largest absolute Gasteiger partial charge is 0.319 e. The topological polar surface area (TPSA) is 58.6 Å². The minimum Gasteiger partial charge on any atom is -0.319 e. The van der Waals surface area contributed by atoms with Crippen LogP contribution in [0.25, 0.3) is 22.3 Å². The first-order chi connectivity index (χ1) is 9.15. The smallest absolute Gasteiger partial charge is 0.274 e. The number of halogens is 2. The molecule has 0 spiro atoms. The number of aromatic amines is 1. The van der Waals surface area contributed by atoms with Crippen molar-refractivity contribution >= 4 is 34.2 Å². The molecule has 0 aliphatic carbocycles. The molecule has 1 aromatic carbocycles. The maximum Gasteiger partial charge on any atom is 0.274 e. The van der Waals surface area contributed by atoms with Gasteiger partial charge in [0.1, 0.15) is 5.69 Å². The number of nitrogens with zero attached hydrogens (tertiary/aromatic N) is 2. The first-order valence-corrected chi connectivity index (χ1v) is 6.20. The number of hydrogen-bond acceptors (Lipinski definition) is 3. The Bertz CT molecular complexity index is 815. The van der Waals surface area contributed by atoms with Gasteiger partial charge >= 0.3 is 0 Å². The van der Waals surface area contributed by atoms with Gasteiger partial charge in [-0.3, -0.25) is 9.78 Å². The van der Waals surface area contributed by atoms with E-state index in [9.17, 15) is 4.79 Å². The molecule has 94 valence electrons. The lowest BCUT2D eigenvalue weighted by atomic mass is 10.2. The van der Waals surface area contributed by atoms with Crippen molar-refractivity contribution in [3.8, 4) is 11.3 Å². The summed E-state index contributed by atoms with van der Waals surface area (Å²) in [5.41, 5.74) is 1.88. The lowest BCUT2D eigenvalue weighted by Crippen LogP contribution is -2.11. The molecule has 19 heavy (non-hydrogen) atoms. The van der Waals surface area contributed by atoms with E-state index in [1.807, 2.05) is 0 Å². The van der Waals surface area contributed by atoms with Crippen molar-refractivity contribution in [2.24, 2.45) is 0 Å². The Morgan fingerprint density at radius 1 is 1.05 bits per heavy atom. The summed E-state index contributed by atoms with van der Waals surface area (Å²) >= 11 is 11.9. The van der Waals surface area contributed by atoms with Crippen LogP contribution in [0.15, 0.2) is 41.5 Å². The van der Waals surface area contributed by atoms with Crippen LogP contribution in [0.3, 0.4) is 0 Å². The minimum atomic E-state index is -0.280. The van der Waals surface area contributed by atoms with Crippen LogP contribution in [0.1, 0.15) is 0 Å². The molecular formula is C13H7Cl2N3O. The lowest BCUT2D eigenvalue weighted by molar-refractivity contribution is 1.21. The van der Waals surface area contributed by atoms with E-state index < -0.39 is 0 Å². The van der Waals surface area contributed by atoms with Gasteiger partial charge in [0.15, 0.2) is 0 Å². The maximum absolute atomic E-state index is 12.0. The normalized spacial score (nSPS) is 10.8. The molecule has 2 aromatic heterocycles. The lowest BCUT2D eigenvalue weighted by Gasteiger charge is -2.04. The van der Waals surface area contributed by atoms with Crippen molar-refractivity contribution in [1.82, 2.24) is 15.0 Å². The fourth-order valence-electron chi connectivity index (χ4n) is 1.79. The number of pyridine rings is 1. The van der Waals surface area contributed by atoms with Crippen LogP contribution in [-0.4, -0.2) is 15.0 Å². The number of aromatic nitrogens is 3. The molecule has 3 rings (SSSR count). The zero-order chi connectivity index (χ0) is 13.4. The molecule has 6 heteroatoms. The Labute approximate surface area is 118 Å². The first kappa shape index (κ1) is 12.1. The van der Waals surface area contributed by atoms with Gasteiger partial charge in [0, 0.05) is 18.0 Å². The fraction of sp³-hybridized carbons (Fsp3) is 0. The Morgan fingerprint density at radius 2 is 1.74 bits per heavy atom. The number of hydrogen-bond donors (Lipinski definition) is 1. The second-order valence-corrected chi connectivity index (χ2v) is 4.75. The number of H-pyrrole nitrogens is 1. The zero-order valence-electron chi connectivity index (χ0n) is 9.52. The van der Waals surface area contributed by atoms with Crippen LogP contribution in [0, 0.1) is 0 Å². The molecule has 0 saturated carbocycles. The molecule has 0 aliphatic heterocycles. The summed E-state index contributed by atoms with van der Waals surface area (Å²) < 4.78 is 0. The van der Waals surface area contributed by atoms with Gasteiger partial charge in [-0.25, -0.2) is 4.98 Å². The molecule has 0 fully saturated rings. The molecule has 3 aromatic rings. The Morgan fingerprint density at radius 3 is 2.47 bits per heavy atom. The van der Waals surface area contributed by atoms with Crippen LogP contribution in [0.2, 0.25) is 10.0 Å².